The molecule has 4 fully saturated rings. The van der Waals surface area contributed by atoms with Gasteiger partial charge in [0.05, 0.1) is 5.03 Å². The second-order valence-electron chi connectivity index (χ2n) is 12.7. The summed E-state index contributed by atoms with van der Waals surface area (Å²) in [6, 6.07) is 0. The first-order chi connectivity index (χ1) is 14.9. The minimum atomic E-state index is -1.86. The molecule has 0 aromatic heterocycles. The molecule has 9 atom stereocenters. The van der Waals surface area contributed by atoms with Gasteiger partial charge in [0.1, 0.15) is 5.78 Å². The van der Waals surface area contributed by atoms with E-state index in [0.29, 0.717) is 29.7 Å². The Kier molecular flexibility index (Phi) is 4.86. The minimum absolute atomic E-state index is 0.0166. The maximum absolute atomic E-state index is 14.8. The highest BCUT2D eigenvalue weighted by Crippen LogP contribution is 2.80. The highest BCUT2D eigenvalue weighted by Gasteiger charge is 2.78. The number of hydrogen-bond donors (Lipinski definition) is 0. The van der Waals surface area contributed by atoms with Crippen molar-refractivity contribution in [3.8, 4) is 0 Å². The molecule has 0 unspecified atom stereocenters. The van der Waals surface area contributed by atoms with Crippen LogP contribution in [0.4, 0.5) is 0 Å². The summed E-state index contributed by atoms with van der Waals surface area (Å²) in [4.78, 5) is 27.1. The summed E-state index contributed by atoms with van der Waals surface area (Å²) in [5, 5.41) is 14.9. The van der Waals surface area contributed by atoms with Crippen molar-refractivity contribution in [3.63, 3.8) is 0 Å². The molecule has 0 N–H and O–H groups in total. The second kappa shape index (κ2) is 6.81. The Labute approximate surface area is 198 Å². The van der Waals surface area contributed by atoms with E-state index in [1.54, 1.807) is 0 Å². The number of ketones is 2. The van der Waals surface area contributed by atoms with Crippen LogP contribution in [0, 0.1) is 51.8 Å². The van der Waals surface area contributed by atoms with Crippen LogP contribution in [0.15, 0.2) is 22.8 Å². The van der Waals surface area contributed by atoms with E-state index in [9.17, 15) is 14.7 Å². The average Bonchev–Trinajstić information content (AvgIpc) is 3.35. The molecule has 0 bridgehead atoms. The largest absolute Gasteiger partial charge is 0.840 e. The highest BCUT2D eigenvalue weighted by atomic mass is 35.5. The van der Waals surface area contributed by atoms with Crippen molar-refractivity contribution in [1.29, 1.82) is 0 Å². The zero-order valence-corrected chi connectivity index (χ0v) is 21.2. The molecular weight excluding hydrogens is 420 g/mol. The van der Waals surface area contributed by atoms with Gasteiger partial charge in [-0.25, -0.2) is 0 Å². The topological polar surface area (TPSA) is 57.2 Å². The third-order valence-corrected chi connectivity index (χ3v) is 11.6. The Morgan fingerprint density at radius 3 is 2.31 bits per heavy atom. The van der Waals surface area contributed by atoms with Crippen LogP contribution in [0.1, 0.15) is 80.1 Å². The number of carbonyl (C=O) groups excluding carboxylic acids is 2. The molecule has 0 heterocycles. The lowest BCUT2D eigenvalue weighted by Crippen LogP contribution is -2.67. The first-order valence-corrected chi connectivity index (χ1v) is 13.1. The molecule has 32 heavy (non-hydrogen) atoms. The van der Waals surface area contributed by atoms with Crippen LogP contribution in [0.2, 0.25) is 0 Å². The lowest BCUT2D eigenvalue weighted by Gasteiger charge is -2.63. The number of rotatable bonds is 4. The third-order valence-electron chi connectivity index (χ3n) is 11.3. The molecule has 5 aliphatic carbocycles. The zero-order valence-electron chi connectivity index (χ0n) is 20.5. The highest BCUT2D eigenvalue weighted by molar-refractivity contribution is 6.44. The van der Waals surface area contributed by atoms with Crippen molar-refractivity contribution in [1.82, 2.24) is 0 Å². The van der Waals surface area contributed by atoms with Gasteiger partial charge in [0.2, 0.25) is 0 Å². The van der Waals surface area contributed by atoms with Crippen LogP contribution in [0.3, 0.4) is 0 Å². The van der Waals surface area contributed by atoms with Crippen LogP contribution < -0.4 is 5.11 Å². The molecule has 3 nitrogen and oxygen atoms in total. The molecule has 0 aromatic carbocycles. The zero-order chi connectivity index (χ0) is 23.4. The van der Waals surface area contributed by atoms with Gasteiger partial charge in [0, 0.05) is 11.8 Å². The lowest BCUT2D eigenvalue weighted by molar-refractivity contribution is -0.476. The van der Waals surface area contributed by atoms with Crippen LogP contribution in [-0.2, 0) is 9.59 Å². The van der Waals surface area contributed by atoms with Crippen LogP contribution in [-0.4, -0.2) is 17.2 Å². The number of fused-ring (bicyclic) bond motifs is 4. The fourth-order valence-corrected chi connectivity index (χ4v) is 9.07. The minimum Gasteiger partial charge on any atom is -0.840 e. The Hall–Kier alpha value is -0.930. The fourth-order valence-electron chi connectivity index (χ4n) is 8.63. The van der Waals surface area contributed by atoms with Gasteiger partial charge in [-0.3, -0.25) is 4.79 Å². The fraction of sp³-hybridized carbons (Fsp3) is 0.786. The molecule has 4 saturated carbocycles. The number of carbonyl (C=O) groups is 2. The van der Waals surface area contributed by atoms with Crippen molar-refractivity contribution in [2.24, 2.45) is 51.8 Å². The van der Waals surface area contributed by atoms with Gasteiger partial charge < -0.3 is 9.90 Å². The smallest absolute Gasteiger partial charge is 0.181 e. The molecule has 0 aliphatic heterocycles. The van der Waals surface area contributed by atoms with Crippen molar-refractivity contribution < 1.29 is 14.7 Å². The molecule has 5 aliphatic rings. The van der Waals surface area contributed by atoms with Crippen molar-refractivity contribution >= 4 is 23.2 Å². The summed E-state index contributed by atoms with van der Waals surface area (Å²) in [5.74, 6) is 1.26. The molecular formula is C28H38ClO3-. The van der Waals surface area contributed by atoms with E-state index in [0.717, 1.165) is 32.1 Å². The quantitative estimate of drug-likeness (QED) is 0.527. The summed E-state index contributed by atoms with van der Waals surface area (Å²) < 4.78 is 0. The average molecular weight is 458 g/mol. The predicted molar refractivity (Wildman–Crippen MR) is 125 cm³/mol. The van der Waals surface area contributed by atoms with Crippen LogP contribution >= 0.6 is 11.6 Å². The predicted octanol–water partition coefficient (Wildman–Crippen LogP) is 5.46. The Bertz CT molecular complexity index is 948. The van der Waals surface area contributed by atoms with E-state index >= 15 is 0 Å². The number of hydrogen-bond acceptors (Lipinski definition) is 3. The molecule has 0 radical (unpaired) electrons. The SMILES string of the molecule is CC(C)[C@@H](C)/C=C/[C@@H](C)[C@H]1CC(=O)[C@]2([O-])C3=C(Cl)C(=O)[C@]45C[C@H]4CC[C@]5(C)[C@H]3CC[C@]12C. The Morgan fingerprint density at radius 1 is 1.03 bits per heavy atom. The molecule has 176 valence electrons. The van der Waals surface area contributed by atoms with E-state index in [1.165, 1.54) is 0 Å². The molecule has 5 rings (SSSR count). The number of halogens is 1. The molecule has 1 spiro atoms. The summed E-state index contributed by atoms with van der Waals surface area (Å²) in [6.07, 6.45) is 9.30. The first-order valence-electron chi connectivity index (χ1n) is 12.7. The van der Waals surface area contributed by atoms with Gasteiger partial charge in [-0.1, -0.05) is 65.3 Å². The van der Waals surface area contributed by atoms with Gasteiger partial charge >= 0.3 is 0 Å². The Balaban J connectivity index is 1.56. The normalized spacial score (nSPS) is 49.2. The molecule has 0 saturated heterocycles. The standard InChI is InChI=1S/C28H38ClO3/c1-15(2)16(3)7-8-17(4)20-13-21(30)28(32)22-19(10-12-26(20,28)6)25(5)11-9-18-14-27(18,25)24(31)23(22)29/h7-8,15-20H,9-14H2,1-6H3/q-1/b8-7+/t16-,17+,18+,19-,20+,25+,26+,27-,28-/m0/s1. The molecule has 4 heteroatoms. The van der Waals surface area contributed by atoms with E-state index in [4.69, 9.17) is 11.6 Å². The first kappa shape index (κ1) is 22.8. The van der Waals surface area contributed by atoms with Crippen LogP contribution in [0.25, 0.3) is 0 Å². The summed E-state index contributed by atoms with van der Waals surface area (Å²) in [5.41, 5.74) is -2.65. The van der Waals surface area contributed by atoms with E-state index in [2.05, 4.69) is 46.8 Å². The van der Waals surface area contributed by atoms with E-state index in [1.807, 2.05) is 6.92 Å². The molecule has 0 aromatic rings. The van der Waals surface area contributed by atoms with Crippen LogP contribution in [0.5, 0.6) is 0 Å². The second-order valence-corrected chi connectivity index (χ2v) is 13.0. The number of Topliss-reactive ketones (excluding diaryl/α,β-unsaturated/α-hetero) is 2. The van der Waals surface area contributed by atoms with Crippen molar-refractivity contribution in [2.75, 3.05) is 0 Å². The summed E-state index contributed by atoms with van der Waals surface area (Å²) >= 11 is 6.80. The van der Waals surface area contributed by atoms with E-state index in [-0.39, 0.29) is 45.2 Å². The Morgan fingerprint density at radius 2 is 1.69 bits per heavy atom. The number of allylic oxidation sites excluding steroid dienone is 3. The summed E-state index contributed by atoms with van der Waals surface area (Å²) in [6.45, 7) is 13.0. The third kappa shape index (κ3) is 2.43. The molecule has 0 amide bonds. The maximum atomic E-state index is 14.8. The maximum Gasteiger partial charge on any atom is 0.181 e. The van der Waals surface area contributed by atoms with E-state index < -0.39 is 11.0 Å². The van der Waals surface area contributed by atoms with Crippen molar-refractivity contribution in [2.45, 2.75) is 85.7 Å². The monoisotopic (exact) mass is 457 g/mol. The van der Waals surface area contributed by atoms with Crippen molar-refractivity contribution in [3.05, 3.63) is 22.8 Å². The van der Waals surface area contributed by atoms with Gasteiger partial charge in [-0.05, 0) is 89.6 Å². The lowest BCUT2D eigenvalue weighted by atomic mass is 9.47. The van der Waals surface area contributed by atoms with Gasteiger partial charge in [-0.15, -0.1) is 0 Å². The summed E-state index contributed by atoms with van der Waals surface area (Å²) in [7, 11) is 0. The van der Waals surface area contributed by atoms with Gasteiger partial charge in [0.15, 0.2) is 5.78 Å². The van der Waals surface area contributed by atoms with Gasteiger partial charge in [-0.2, -0.15) is 0 Å². The van der Waals surface area contributed by atoms with Gasteiger partial charge in [0.25, 0.3) is 0 Å².